The van der Waals surface area contributed by atoms with Gasteiger partial charge in [-0.05, 0) is 36.1 Å². The Morgan fingerprint density at radius 1 is 0.900 bits per heavy atom. The summed E-state index contributed by atoms with van der Waals surface area (Å²) in [6.45, 7) is 4.55. The Kier molecular flexibility index (Phi) is 5.37. The van der Waals surface area contributed by atoms with Crippen LogP contribution in [0.3, 0.4) is 0 Å². The van der Waals surface area contributed by atoms with Crippen LogP contribution in [0.25, 0.3) is 0 Å². The summed E-state index contributed by atoms with van der Waals surface area (Å²) in [5, 5.41) is 3.44. The molecule has 106 valence electrons. The summed E-state index contributed by atoms with van der Waals surface area (Å²) in [6.07, 6.45) is 2.20. The first kappa shape index (κ1) is 14.8. The van der Waals surface area contributed by atoms with Crippen molar-refractivity contribution in [3.8, 4) is 0 Å². The maximum absolute atomic E-state index is 3.44. The molecular weight excluding hydrogens is 242 g/mol. The van der Waals surface area contributed by atoms with Gasteiger partial charge >= 0.3 is 0 Å². The van der Waals surface area contributed by atoms with Crippen molar-refractivity contribution in [2.75, 3.05) is 7.05 Å². The third kappa shape index (κ3) is 3.71. The van der Waals surface area contributed by atoms with Crippen molar-refractivity contribution in [1.82, 2.24) is 5.32 Å². The molecule has 1 nitrogen and oxygen atoms in total. The standard InChI is InChI=1S/C19H25N/c1-4-15(2)19(20-3)18-12-10-17(11-13-18)14-16-8-6-5-7-9-16/h5-13,15,19-20H,4,14H2,1-3H3. The van der Waals surface area contributed by atoms with Crippen LogP contribution in [0.5, 0.6) is 0 Å². The number of hydrogen-bond acceptors (Lipinski definition) is 1. The molecule has 0 spiro atoms. The summed E-state index contributed by atoms with van der Waals surface area (Å²) < 4.78 is 0. The van der Waals surface area contributed by atoms with Gasteiger partial charge in [-0.1, -0.05) is 74.9 Å². The minimum absolute atomic E-state index is 0.450. The fourth-order valence-corrected chi connectivity index (χ4v) is 2.69. The Morgan fingerprint density at radius 3 is 2.05 bits per heavy atom. The highest BCUT2D eigenvalue weighted by Gasteiger charge is 2.15. The molecule has 1 heteroatoms. The minimum atomic E-state index is 0.450. The molecule has 0 amide bonds. The maximum Gasteiger partial charge on any atom is 0.0343 e. The van der Waals surface area contributed by atoms with E-state index in [1.165, 1.54) is 23.1 Å². The van der Waals surface area contributed by atoms with Crippen molar-refractivity contribution < 1.29 is 0 Å². The normalized spacial score (nSPS) is 13.9. The third-order valence-electron chi connectivity index (χ3n) is 4.11. The molecule has 2 aromatic carbocycles. The second-order valence-corrected chi connectivity index (χ2v) is 5.56. The molecule has 0 saturated carbocycles. The Hall–Kier alpha value is -1.60. The molecule has 2 atom stereocenters. The number of benzene rings is 2. The average Bonchev–Trinajstić information content (AvgIpc) is 2.50. The van der Waals surface area contributed by atoms with Gasteiger partial charge in [-0.3, -0.25) is 0 Å². The summed E-state index contributed by atoms with van der Waals surface area (Å²) in [5.74, 6) is 0.653. The van der Waals surface area contributed by atoms with Crippen molar-refractivity contribution in [2.45, 2.75) is 32.7 Å². The van der Waals surface area contributed by atoms with Crippen molar-refractivity contribution in [2.24, 2.45) is 5.92 Å². The summed E-state index contributed by atoms with van der Waals surface area (Å²) in [4.78, 5) is 0. The topological polar surface area (TPSA) is 12.0 Å². The van der Waals surface area contributed by atoms with Gasteiger partial charge in [0.1, 0.15) is 0 Å². The Balaban J connectivity index is 2.09. The second kappa shape index (κ2) is 7.25. The van der Waals surface area contributed by atoms with E-state index in [-0.39, 0.29) is 0 Å². The Bertz CT molecular complexity index is 501. The molecule has 20 heavy (non-hydrogen) atoms. The van der Waals surface area contributed by atoms with E-state index < -0.39 is 0 Å². The van der Waals surface area contributed by atoms with Crippen molar-refractivity contribution in [3.05, 3.63) is 71.3 Å². The summed E-state index contributed by atoms with van der Waals surface area (Å²) >= 11 is 0. The minimum Gasteiger partial charge on any atom is -0.313 e. The van der Waals surface area contributed by atoms with Crippen LogP contribution in [0.2, 0.25) is 0 Å². The zero-order chi connectivity index (χ0) is 14.4. The van der Waals surface area contributed by atoms with Gasteiger partial charge in [-0.2, -0.15) is 0 Å². The molecule has 0 bridgehead atoms. The monoisotopic (exact) mass is 267 g/mol. The van der Waals surface area contributed by atoms with E-state index in [0.29, 0.717) is 12.0 Å². The van der Waals surface area contributed by atoms with Crippen molar-refractivity contribution in [3.63, 3.8) is 0 Å². The third-order valence-corrected chi connectivity index (χ3v) is 4.11. The van der Waals surface area contributed by atoms with Gasteiger partial charge in [-0.15, -0.1) is 0 Å². The fourth-order valence-electron chi connectivity index (χ4n) is 2.69. The van der Waals surface area contributed by atoms with Crippen LogP contribution < -0.4 is 5.32 Å². The lowest BCUT2D eigenvalue weighted by atomic mass is 9.91. The summed E-state index contributed by atoms with van der Waals surface area (Å²) in [6, 6.07) is 20.1. The number of nitrogens with one attached hydrogen (secondary N) is 1. The van der Waals surface area contributed by atoms with Crippen LogP contribution in [0.15, 0.2) is 54.6 Å². The molecule has 0 aliphatic carbocycles. The number of hydrogen-bond donors (Lipinski definition) is 1. The van der Waals surface area contributed by atoms with E-state index in [9.17, 15) is 0 Å². The molecule has 0 aliphatic rings. The van der Waals surface area contributed by atoms with Crippen LogP contribution in [0, 0.1) is 5.92 Å². The van der Waals surface area contributed by atoms with E-state index in [0.717, 1.165) is 6.42 Å². The van der Waals surface area contributed by atoms with Crippen LogP contribution >= 0.6 is 0 Å². The molecule has 0 aromatic heterocycles. The highest BCUT2D eigenvalue weighted by atomic mass is 14.9. The first-order valence-electron chi connectivity index (χ1n) is 7.54. The first-order chi connectivity index (χ1) is 9.74. The zero-order valence-corrected chi connectivity index (χ0v) is 12.8. The smallest absolute Gasteiger partial charge is 0.0343 e. The largest absolute Gasteiger partial charge is 0.313 e. The lowest BCUT2D eigenvalue weighted by Gasteiger charge is -2.23. The lowest BCUT2D eigenvalue weighted by Crippen LogP contribution is -2.23. The van der Waals surface area contributed by atoms with E-state index in [1.807, 2.05) is 0 Å². The van der Waals surface area contributed by atoms with Crippen molar-refractivity contribution in [1.29, 1.82) is 0 Å². The predicted octanol–water partition coefficient (Wildman–Crippen LogP) is 4.58. The van der Waals surface area contributed by atoms with E-state index in [4.69, 9.17) is 0 Å². The van der Waals surface area contributed by atoms with Gasteiger partial charge in [-0.25, -0.2) is 0 Å². The van der Waals surface area contributed by atoms with Gasteiger partial charge in [0, 0.05) is 6.04 Å². The van der Waals surface area contributed by atoms with Gasteiger partial charge in [0.25, 0.3) is 0 Å². The van der Waals surface area contributed by atoms with Crippen LogP contribution in [0.4, 0.5) is 0 Å². The van der Waals surface area contributed by atoms with E-state index in [2.05, 4.69) is 80.8 Å². The molecule has 0 aliphatic heterocycles. The summed E-state index contributed by atoms with van der Waals surface area (Å²) in [5.41, 5.74) is 4.13. The molecule has 1 N–H and O–H groups in total. The van der Waals surface area contributed by atoms with Gasteiger partial charge < -0.3 is 5.32 Å². The van der Waals surface area contributed by atoms with E-state index in [1.54, 1.807) is 0 Å². The quantitative estimate of drug-likeness (QED) is 0.807. The molecule has 2 rings (SSSR count). The SMILES string of the molecule is CCC(C)C(NC)c1ccc(Cc2ccccc2)cc1. The lowest BCUT2D eigenvalue weighted by molar-refractivity contribution is 0.400. The summed E-state index contributed by atoms with van der Waals surface area (Å²) in [7, 11) is 2.05. The molecule has 0 radical (unpaired) electrons. The highest BCUT2D eigenvalue weighted by Crippen LogP contribution is 2.24. The molecule has 0 heterocycles. The maximum atomic E-state index is 3.44. The molecular formula is C19H25N. The molecule has 0 fully saturated rings. The van der Waals surface area contributed by atoms with Crippen LogP contribution in [-0.2, 0) is 6.42 Å². The highest BCUT2D eigenvalue weighted by molar-refractivity contribution is 5.30. The predicted molar refractivity (Wildman–Crippen MR) is 86.9 cm³/mol. The Morgan fingerprint density at radius 2 is 1.50 bits per heavy atom. The van der Waals surface area contributed by atoms with Crippen LogP contribution in [0.1, 0.15) is 43.0 Å². The number of rotatable bonds is 6. The molecule has 0 saturated heterocycles. The molecule has 2 unspecified atom stereocenters. The van der Waals surface area contributed by atoms with Crippen LogP contribution in [-0.4, -0.2) is 7.05 Å². The molecule has 2 aromatic rings. The van der Waals surface area contributed by atoms with Crippen molar-refractivity contribution >= 4 is 0 Å². The Labute approximate surface area is 123 Å². The fraction of sp³-hybridized carbons (Fsp3) is 0.368. The van der Waals surface area contributed by atoms with E-state index >= 15 is 0 Å². The van der Waals surface area contributed by atoms with Gasteiger partial charge in [0.05, 0.1) is 0 Å². The van der Waals surface area contributed by atoms with Gasteiger partial charge in [0.15, 0.2) is 0 Å². The first-order valence-corrected chi connectivity index (χ1v) is 7.54. The average molecular weight is 267 g/mol. The van der Waals surface area contributed by atoms with Gasteiger partial charge in [0.2, 0.25) is 0 Å². The zero-order valence-electron chi connectivity index (χ0n) is 12.8. The second-order valence-electron chi connectivity index (χ2n) is 5.56.